The molecular formula is C19H20BrNO2. The molecule has 0 radical (unpaired) electrons. The van der Waals surface area contributed by atoms with E-state index in [1.165, 1.54) is 0 Å². The molecule has 0 amide bonds. The molecule has 3 rings (SSSR count). The summed E-state index contributed by atoms with van der Waals surface area (Å²) in [6.45, 7) is 3.10. The van der Waals surface area contributed by atoms with Gasteiger partial charge in [0.2, 0.25) is 0 Å². The lowest BCUT2D eigenvalue weighted by molar-refractivity contribution is 0.0161. The van der Waals surface area contributed by atoms with Gasteiger partial charge in [0.15, 0.2) is 5.78 Å². The van der Waals surface area contributed by atoms with Crippen molar-refractivity contribution in [3.63, 3.8) is 0 Å². The SMILES string of the molecule is O=C(c1ccccc1)C(Br)C(c1ccccc1)N1CCOCC1. The van der Waals surface area contributed by atoms with E-state index in [1.54, 1.807) is 0 Å². The van der Waals surface area contributed by atoms with Crippen LogP contribution < -0.4 is 0 Å². The Bertz CT molecular complexity index is 626. The largest absolute Gasteiger partial charge is 0.379 e. The maximum atomic E-state index is 12.9. The molecular weight excluding hydrogens is 354 g/mol. The average Bonchev–Trinajstić information content (AvgIpc) is 2.64. The minimum atomic E-state index is -0.287. The first-order chi connectivity index (χ1) is 11.3. The maximum absolute atomic E-state index is 12.9. The van der Waals surface area contributed by atoms with Crippen LogP contribution in [0.2, 0.25) is 0 Å². The van der Waals surface area contributed by atoms with E-state index in [1.807, 2.05) is 48.5 Å². The number of carbonyl (C=O) groups is 1. The van der Waals surface area contributed by atoms with Gasteiger partial charge >= 0.3 is 0 Å². The van der Waals surface area contributed by atoms with Crippen LogP contribution >= 0.6 is 15.9 Å². The van der Waals surface area contributed by atoms with Gasteiger partial charge in [-0.05, 0) is 5.56 Å². The third-order valence-electron chi connectivity index (χ3n) is 4.17. The monoisotopic (exact) mass is 373 g/mol. The second kappa shape index (κ2) is 7.86. The van der Waals surface area contributed by atoms with Crippen LogP contribution in [0.3, 0.4) is 0 Å². The molecule has 0 spiro atoms. The minimum Gasteiger partial charge on any atom is -0.379 e. The smallest absolute Gasteiger partial charge is 0.178 e. The first-order valence-electron chi connectivity index (χ1n) is 7.87. The highest BCUT2D eigenvalue weighted by molar-refractivity contribution is 9.10. The van der Waals surface area contributed by atoms with Gasteiger partial charge in [-0.1, -0.05) is 76.6 Å². The van der Waals surface area contributed by atoms with Crippen molar-refractivity contribution in [2.24, 2.45) is 0 Å². The Balaban J connectivity index is 1.89. The van der Waals surface area contributed by atoms with E-state index in [4.69, 9.17) is 4.74 Å². The van der Waals surface area contributed by atoms with Crippen molar-refractivity contribution in [2.45, 2.75) is 10.9 Å². The summed E-state index contributed by atoms with van der Waals surface area (Å²) >= 11 is 3.69. The summed E-state index contributed by atoms with van der Waals surface area (Å²) < 4.78 is 5.47. The fraction of sp³-hybridized carbons (Fsp3) is 0.316. The molecule has 2 aromatic carbocycles. The third-order valence-corrected chi connectivity index (χ3v) is 5.08. The van der Waals surface area contributed by atoms with E-state index in [9.17, 15) is 4.79 Å². The Hall–Kier alpha value is -1.49. The topological polar surface area (TPSA) is 29.5 Å². The number of ketones is 1. The molecule has 0 N–H and O–H groups in total. The average molecular weight is 374 g/mol. The summed E-state index contributed by atoms with van der Waals surface area (Å²) in [5.41, 5.74) is 1.89. The van der Waals surface area contributed by atoms with Crippen molar-refractivity contribution in [2.75, 3.05) is 26.3 Å². The zero-order valence-electron chi connectivity index (χ0n) is 12.9. The molecule has 0 aliphatic carbocycles. The van der Waals surface area contributed by atoms with E-state index < -0.39 is 0 Å². The van der Waals surface area contributed by atoms with Gasteiger partial charge in [0, 0.05) is 18.7 Å². The molecule has 4 heteroatoms. The van der Waals surface area contributed by atoms with Crippen LogP contribution in [0.15, 0.2) is 60.7 Å². The highest BCUT2D eigenvalue weighted by Crippen LogP contribution is 2.32. The number of hydrogen-bond donors (Lipinski definition) is 0. The van der Waals surface area contributed by atoms with Crippen molar-refractivity contribution in [3.05, 3.63) is 71.8 Å². The number of morpholine rings is 1. The Morgan fingerprint density at radius 3 is 2.13 bits per heavy atom. The zero-order valence-corrected chi connectivity index (χ0v) is 14.5. The van der Waals surface area contributed by atoms with Crippen molar-refractivity contribution in [1.82, 2.24) is 4.90 Å². The van der Waals surface area contributed by atoms with Crippen molar-refractivity contribution < 1.29 is 9.53 Å². The molecule has 23 heavy (non-hydrogen) atoms. The van der Waals surface area contributed by atoms with E-state index in [2.05, 4.69) is 33.0 Å². The highest BCUT2D eigenvalue weighted by atomic mass is 79.9. The van der Waals surface area contributed by atoms with Crippen LogP contribution in [0.25, 0.3) is 0 Å². The predicted octanol–water partition coefficient (Wildman–Crippen LogP) is 3.71. The van der Waals surface area contributed by atoms with Gasteiger partial charge in [-0.25, -0.2) is 0 Å². The molecule has 3 nitrogen and oxygen atoms in total. The molecule has 1 fully saturated rings. The fourth-order valence-electron chi connectivity index (χ4n) is 2.98. The van der Waals surface area contributed by atoms with Gasteiger partial charge in [0.1, 0.15) is 0 Å². The van der Waals surface area contributed by atoms with Gasteiger partial charge in [-0.3, -0.25) is 9.69 Å². The van der Waals surface area contributed by atoms with Gasteiger partial charge in [0.05, 0.1) is 24.1 Å². The first-order valence-corrected chi connectivity index (χ1v) is 8.79. The molecule has 120 valence electrons. The maximum Gasteiger partial charge on any atom is 0.178 e. The van der Waals surface area contributed by atoms with Crippen molar-refractivity contribution in [3.8, 4) is 0 Å². The molecule has 0 aromatic heterocycles. The van der Waals surface area contributed by atoms with Crippen LogP contribution in [-0.2, 0) is 4.74 Å². The molecule has 0 bridgehead atoms. The van der Waals surface area contributed by atoms with Gasteiger partial charge in [-0.2, -0.15) is 0 Å². The number of alkyl halides is 1. The first kappa shape index (κ1) is 16.4. The number of rotatable bonds is 5. The van der Waals surface area contributed by atoms with Crippen molar-refractivity contribution >= 4 is 21.7 Å². The number of ether oxygens (including phenoxy) is 1. The van der Waals surface area contributed by atoms with Crippen LogP contribution in [0, 0.1) is 0 Å². The minimum absolute atomic E-state index is 0.00723. The Morgan fingerprint density at radius 2 is 1.52 bits per heavy atom. The molecule has 2 aromatic rings. The molecule has 1 aliphatic heterocycles. The second-order valence-electron chi connectivity index (χ2n) is 5.64. The summed E-state index contributed by atoms with van der Waals surface area (Å²) in [7, 11) is 0. The summed E-state index contributed by atoms with van der Waals surface area (Å²) in [4.78, 5) is 14.9. The lowest BCUT2D eigenvalue weighted by Gasteiger charge is -2.37. The van der Waals surface area contributed by atoms with E-state index in [-0.39, 0.29) is 16.7 Å². The van der Waals surface area contributed by atoms with Gasteiger partial charge in [0.25, 0.3) is 0 Å². The normalized spacial score (nSPS) is 18.3. The Labute approximate surface area is 145 Å². The standard InChI is InChI=1S/C19H20BrNO2/c20-17(19(22)16-9-5-2-6-10-16)18(15-7-3-1-4-8-15)21-11-13-23-14-12-21/h1-10,17-18H,11-14H2. The number of halogens is 1. The molecule has 1 heterocycles. The molecule has 2 unspecified atom stereocenters. The molecule has 1 saturated heterocycles. The van der Waals surface area contributed by atoms with E-state index >= 15 is 0 Å². The van der Waals surface area contributed by atoms with Crippen LogP contribution in [-0.4, -0.2) is 41.8 Å². The van der Waals surface area contributed by atoms with Crippen LogP contribution in [0.5, 0.6) is 0 Å². The van der Waals surface area contributed by atoms with E-state index in [0.29, 0.717) is 13.2 Å². The third kappa shape index (κ3) is 3.89. The van der Waals surface area contributed by atoms with Gasteiger partial charge in [-0.15, -0.1) is 0 Å². The lowest BCUT2D eigenvalue weighted by Crippen LogP contribution is -2.44. The fourth-order valence-corrected chi connectivity index (χ4v) is 3.88. The zero-order chi connectivity index (χ0) is 16.1. The summed E-state index contributed by atoms with van der Waals surface area (Å²) in [6, 6.07) is 19.7. The number of Topliss-reactive ketones (excluding diaryl/α,β-unsaturated/α-hetero) is 1. The molecule has 0 saturated carbocycles. The lowest BCUT2D eigenvalue weighted by atomic mass is 9.96. The van der Waals surface area contributed by atoms with E-state index in [0.717, 1.165) is 24.2 Å². The Morgan fingerprint density at radius 1 is 0.957 bits per heavy atom. The second-order valence-corrected chi connectivity index (χ2v) is 6.62. The van der Waals surface area contributed by atoms with Crippen LogP contribution in [0.1, 0.15) is 22.0 Å². The molecule has 2 atom stereocenters. The summed E-state index contributed by atoms with van der Waals surface area (Å²) in [6.07, 6.45) is 0. The number of carbonyl (C=O) groups excluding carboxylic acids is 1. The number of hydrogen-bond acceptors (Lipinski definition) is 3. The highest BCUT2D eigenvalue weighted by Gasteiger charge is 2.33. The number of nitrogens with zero attached hydrogens (tertiary/aromatic N) is 1. The Kier molecular flexibility index (Phi) is 5.60. The summed E-state index contributed by atoms with van der Waals surface area (Å²) in [5.74, 6) is 0.117. The molecule has 1 aliphatic rings. The van der Waals surface area contributed by atoms with Crippen molar-refractivity contribution in [1.29, 1.82) is 0 Å². The summed E-state index contributed by atoms with van der Waals surface area (Å²) in [5, 5.41) is 0. The predicted molar refractivity (Wildman–Crippen MR) is 95.1 cm³/mol. The van der Waals surface area contributed by atoms with Crippen LogP contribution in [0.4, 0.5) is 0 Å². The van der Waals surface area contributed by atoms with Gasteiger partial charge < -0.3 is 4.74 Å². The number of benzene rings is 2. The quantitative estimate of drug-likeness (QED) is 0.590.